The Hall–Kier alpha value is -0.580. The Labute approximate surface area is 90.6 Å². The van der Waals surface area contributed by atoms with Gasteiger partial charge in [0.2, 0.25) is 0 Å². The Morgan fingerprint density at radius 1 is 1.36 bits per heavy atom. The smallest absolute Gasteiger partial charge is 0.175 e. The van der Waals surface area contributed by atoms with E-state index in [2.05, 4.69) is 0 Å². The van der Waals surface area contributed by atoms with Crippen LogP contribution in [0.3, 0.4) is 0 Å². The van der Waals surface area contributed by atoms with Gasteiger partial charge >= 0.3 is 0 Å². The van der Waals surface area contributed by atoms with E-state index in [4.69, 9.17) is 5.73 Å². The first-order valence-electron chi connectivity index (χ1n) is 3.95. The largest absolute Gasteiger partial charge is 0.326 e. The lowest BCUT2D eigenvalue weighted by Crippen LogP contribution is -2.02. The predicted molar refractivity (Wildman–Crippen MR) is 59.4 cm³/mol. The van der Waals surface area contributed by atoms with Gasteiger partial charge in [0.15, 0.2) is 9.84 Å². The molecule has 0 spiro atoms. The Bertz CT molecular complexity index is 415. The molecule has 1 aromatic carbocycles. The SMILES string of the molecule is Cc1cc(CN)ccc1S(C)(=O)=O.Cl. The zero-order valence-corrected chi connectivity index (χ0v) is 9.78. The van der Waals surface area contributed by atoms with E-state index in [-0.39, 0.29) is 12.4 Å². The molecule has 0 unspecified atom stereocenters. The zero-order valence-electron chi connectivity index (χ0n) is 8.15. The number of hydrogen-bond donors (Lipinski definition) is 1. The molecule has 1 aromatic rings. The maximum absolute atomic E-state index is 11.2. The molecule has 0 aliphatic rings. The summed E-state index contributed by atoms with van der Waals surface area (Å²) in [5.74, 6) is 0. The summed E-state index contributed by atoms with van der Waals surface area (Å²) in [4.78, 5) is 0.379. The lowest BCUT2D eigenvalue weighted by molar-refractivity contribution is 0.601. The van der Waals surface area contributed by atoms with Gasteiger partial charge in [-0.15, -0.1) is 12.4 Å². The summed E-state index contributed by atoms with van der Waals surface area (Å²) in [6.45, 7) is 2.21. The molecular formula is C9H14ClNO2S. The highest BCUT2D eigenvalue weighted by Gasteiger charge is 2.09. The lowest BCUT2D eigenvalue weighted by Gasteiger charge is -2.04. The molecule has 1 rings (SSSR count). The fourth-order valence-corrected chi connectivity index (χ4v) is 2.21. The number of hydrogen-bond acceptors (Lipinski definition) is 3. The normalized spacial score (nSPS) is 10.8. The number of sulfone groups is 1. The number of nitrogens with two attached hydrogens (primary N) is 1. The van der Waals surface area contributed by atoms with Crippen molar-refractivity contribution in [3.05, 3.63) is 29.3 Å². The van der Waals surface area contributed by atoms with Gasteiger partial charge in [0.05, 0.1) is 4.90 Å². The molecule has 0 heterocycles. The van der Waals surface area contributed by atoms with Crippen LogP contribution >= 0.6 is 12.4 Å². The summed E-state index contributed by atoms with van der Waals surface area (Å²) in [5, 5.41) is 0. The highest BCUT2D eigenvalue weighted by molar-refractivity contribution is 7.90. The van der Waals surface area contributed by atoms with Crippen molar-refractivity contribution in [1.82, 2.24) is 0 Å². The Kier molecular flexibility index (Phi) is 4.58. The molecule has 0 saturated heterocycles. The number of benzene rings is 1. The summed E-state index contributed by atoms with van der Waals surface area (Å²) in [7, 11) is -3.10. The Morgan fingerprint density at radius 2 is 1.93 bits per heavy atom. The van der Waals surface area contributed by atoms with Crippen molar-refractivity contribution in [2.45, 2.75) is 18.4 Å². The minimum Gasteiger partial charge on any atom is -0.326 e. The molecule has 0 aliphatic heterocycles. The number of rotatable bonds is 2. The summed E-state index contributed by atoms with van der Waals surface area (Å²) >= 11 is 0. The molecule has 14 heavy (non-hydrogen) atoms. The lowest BCUT2D eigenvalue weighted by atomic mass is 10.1. The van der Waals surface area contributed by atoms with Crippen LogP contribution in [0.15, 0.2) is 23.1 Å². The molecule has 0 aliphatic carbocycles. The van der Waals surface area contributed by atoms with Crippen molar-refractivity contribution in [3.8, 4) is 0 Å². The van der Waals surface area contributed by atoms with Crippen LogP contribution in [0.25, 0.3) is 0 Å². The summed E-state index contributed by atoms with van der Waals surface area (Å²) in [6.07, 6.45) is 1.21. The Morgan fingerprint density at radius 3 is 2.29 bits per heavy atom. The van der Waals surface area contributed by atoms with E-state index in [1.54, 1.807) is 25.1 Å². The van der Waals surface area contributed by atoms with Gasteiger partial charge in [0.1, 0.15) is 0 Å². The van der Waals surface area contributed by atoms with Gasteiger partial charge in [-0.3, -0.25) is 0 Å². The van der Waals surface area contributed by atoms with Crippen LogP contribution < -0.4 is 5.73 Å². The average Bonchev–Trinajstić information content (AvgIpc) is 2.01. The molecule has 0 bridgehead atoms. The van der Waals surface area contributed by atoms with Gasteiger partial charge in [-0.25, -0.2) is 8.42 Å². The van der Waals surface area contributed by atoms with Crippen molar-refractivity contribution in [2.75, 3.05) is 6.26 Å². The van der Waals surface area contributed by atoms with E-state index in [9.17, 15) is 8.42 Å². The molecular weight excluding hydrogens is 222 g/mol. The minimum atomic E-state index is -3.10. The van der Waals surface area contributed by atoms with Gasteiger partial charge in [0, 0.05) is 12.8 Å². The van der Waals surface area contributed by atoms with E-state index < -0.39 is 9.84 Å². The monoisotopic (exact) mass is 235 g/mol. The van der Waals surface area contributed by atoms with Crippen molar-refractivity contribution >= 4 is 22.2 Å². The second-order valence-corrected chi connectivity index (χ2v) is 5.06. The molecule has 80 valence electrons. The Balaban J connectivity index is 0.00000169. The highest BCUT2D eigenvalue weighted by atomic mass is 35.5. The highest BCUT2D eigenvalue weighted by Crippen LogP contribution is 2.15. The molecule has 0 aromatic heterocycles. The molecule has 0 fully saturated rings. The first-order chi connectivity index (χ1) is 5.95. The molecule has 3 nitrogen and oxygen atoms in total. The first kappa shape index (κ1) is 13.4. The van der Waals surface area contributed by atoms with Crippen molar-refractivity contribution in [1.29, 1.82) is 0 Å². The van der Waals surface area contributed by atoms with Crippen LogP contribution in [-0.4, -0.2) is 14.7 Å². The molecule has 0 amide bonds. The molecule has 2 N–H and O–H groups in total. The quantitative estimate of drug-likeness (QED) is 0.840. The van der Waals surface area contributed by atoms with Crippen molar-refractivity contribution in [3.63, 3.8) is 0 Å². The molecule has 0 saturated carbocycles. The van der Waals surface area contributed by atoms with E-state index in [0.717, 1.165) is 11.1 Å². The van der Waals surface area contributed by atoms with Gasteiger partial charge in [-0.05, 0) is 24.1 Å². The van der Waals surface area contributed by atoms with Crippen LogP contribution in [0.2, 0.25) is 0 Å². The van der Waals surface area contributed by atoms with Crippen LogP contribution in [-0.2, 0) is 16.4 Å². The van der Waals surface area contributed by atoms with Crippen molar-refractivity contribution < 1.29 is 8.42 Å². The minimum absolute atomic E-state index is 0. The standard InChI is InChI=1S/C9H13NO2S.ClH/c1-7-5-8(6-10)3-4-9(7)13(2,11)12;/h3-5H,6,10H2,1-2H3;1H. The molecule has 5 heteroatoms. The fraction of sp³-hybridized carbons (Fsp3) is 0.333. The number of aryl methyl sites for hydroxylation is 1. The maximum Gasteiger partial charge on any atom is 0.175 e. The topological polar surface area (TPSA) is 60.2 Å². The van der Waals surface area contributed by atoms with Crippen molar-refractivity contribution in [2.24, 2.45) is 5.73 Å². The van der Waals surface area contributed by atoms with Gasteiger partial charge in [-0.2, -0.15) is 0 Å². The number of halogens is 1. The van der Waals surface area contributed by atoms with E-state index in [1.807, 2.05) is 0 Å². The first-order valence-corrected chi connectivity index (χ1v) is 5.84. The van der Waals surface area contributed by atoms with Crippen LogP contribution in [0.5, 0.6) is 0 Å². The van der Waals surface area contributed by atoms with Crippen LogP contribution in [0, 0.1) is 6.92 Å². The third-order valence-electron chi connectivity index (χ3n) is 1.87. The van der Waals surface area contributed by atoms with Gasteiger partial charge < -0.3 is 5.73 Å². The summed E-state index contributed by atoms with van der Waals surface area (Å²) in [5.41, 5.74) is 7.13. The van der Waals surface area contributed by atoms with E-state index in [1.165, 1.54) is 6.26 Å². The third kappa shape index (κ3) is 2.97. The predicted octanol–water partition coefficient (Wildman–Crippen LogP) is 1.28. The van der Waals surface area contributed by atoms with Crippen LogP contribution in [0.1, 0.15) is 11.1 Å². The van der Waals surface area contributed by atoms with Crippen LogP contribution in [0.4, 0.5) is 0 Å². The molecule has 0 radical (unpaired) electrons. The second-order valence-electron chi connectivity index (χ2n) is 3.08. The zero-order chi connectivity index (χ0) is 10.1. The van der Waals surface area contributed by atoms with Gasteiger partial charge in [0.25, 0.3) is 0 Å². The third-order valence-corrected chi connectivity index (χ3v) is 3.13. The molecule has 0 atom stereocenters. The van der Waals surface area contributed by atoms with E-state index >= 15 is 0 Å². The fourth-order valence-electron chi connectivity index (χ4n) is 1.25. The average molecular weight is 236 g/mol. The van der Waals surface area contributed by atoms with Gasteiger partial charge in [-0.1, -0.05) is 12.1 Å². The summed E-state index contributed by atoms with van der Waals surface area (Å²) < 4.78 is 22.4. The summed E-state index contributed by atoms with van der Waals surface area (Å²) in [6, 6.07) is 5.15. The maximum atomic E-state index is 11.2. The second kappa shape index (κ2) is 4.77. The van der Waals surface area contributed by atoms with E-state index in [0.29, 0.717) is 11.4 Å².